The van der Waals surface area contributed by atoms with Crippen molar-refractivity contribution in [2.45, 2.75) is 38.2 Å². The van der Waals surface area contributed by atoms with E-state index in [1.54, 1.807) is 0 Å². The molecule has 2 atom stereocenters. The Morgan fingerprint density at radius 2 is 2.40 bits per heavy atom. The van der Waals surface area contributed by atoms with E-state index in [2.05, 4.69) is 17.1 Å². The van der Waals surface area contributed by atoms with Gasteiger partial charge in [-0.2, -0.15) is 4.98 Å². The van der Waals surface area contributed by atoms with E-state index in [0.29, 0.717) is 24.7 Å². The number of nitrogens with zero attached hydrogens (tertiary/aromatic N) is 2. The Morgan fingerprint density at radius 1 is 1.53 bits per heavy atom. The molecule has 1 fully saturated rings. The van der Waals surface area contributed by atoms with Crippen molar-refractivity contribution in [3.63, 3.8) is 0 Å². The average molecular weight is 211 g/mol. The standard InChI is InChI=1S/C10H17N3O2/c1-2-8-7(4-6-14-8)10-12-9(3-5-11)13-15-10/h7-8H,2-6,11H2,1H3. The highest BCUT2D eigenvalue weighted by molar-refractivity contribution is 5.00. The monoisotopic (exact) mass is 211 g/mol. The quantitative estimate of drug-likeness (QED) is 0.799. The maximum atomic E-state index is 5.59. The van der Waals surface area contributed by atoms with Gasteiger partial charge in [0.05, 0.1) is 12.0 Å². The summed E-state index contributed by atoms with van der Waals surface area (Å²) in [5.74, 6) is 1.69. The first-order valence-corrected chi connectivity index (χ1v) is 5.49. The molecule has 2 unspecified atom stereocenters. The van der Waals surface area contributed by atoms with Gasteiger partial charge in [0.2, 0.25) is 5.89 Å². The average Bonchev–Trinajstić information content (AvgIpc) is 2.84. The zero-order chi connectivity index (χ0) is 10.7. The van der Waals surface area contributed by atoms with E-state index in [-0.39, 0.29) is 12.0 Å². The summed E-state index contributed by atoms with van der Waals surface area (Å²) in [4.78, 5) is 4.34. The lowest BCUT2D eigenvalue weighted by atomic mass is 10.00. The summed E-state index contributed by atoms with van der Waals surface area (Å²) in [5, 5.41) is 3.90. The van der Waals surface area contributed by atoms with Crippen molar-refractivity contribution in [3.05, 3.63) is 11.7 Å². The molecule has 1 aromatic heterocycles. The Kier molecular flexibility index (Phi) is 3.33. The first-order chi connectivity index (χ1) is 7.35. The molecular formula is C10H17N3O2. The van der Waals surface area contributed by atoms with Crippen molar-refractivity contribution in [1.29, 1.82) is 0 Å². The van der Waals surface area contributed by atoms with Crippen LogP contribution in [0.4, 0.5) is 0 Å². The summed E-state index contributed by atoms with van der Waals surface area (Å²) in [6.45, 7) is 3.45. The molecule has 2 N–H and O–H groups in total. The molecule has 0 bridgehead atoms. The molecule has 1 aromatic rings. The maximum Gasteiger partial charge on any atom is 0.232 e. The van der Waals surface area contributed by atoms with E-state index in [9.17, 15) is 0 Å². The SMILES string of the molecule is CCC1OCCC1c1nc(CCN)no1. The highest BCUT2D eigenvalue weighted by Crippen LogP contribution is 2.31. The molecule has 5 nitrogen and oxygen atoms in total. The van der Waals surface area contributed by atoms with Crippen LogP contribution in [0.25, 0.3) is 0 Å². The number of ether oxygens (including phenoxy) is 1. The summed E-state index contributed by atoms with van der Waals surface area (Å²) in [5.41, 5.74) is 5.43. The summed E-state index contributed by atoms with van der Waals surface area (Å²) < 4.78 is 10.8. The Bertz CT molecular complexity index is 313. The normalized spacial score (nSPS) is 26.0. The molecule has 0 amide bonds. The molecule has 5 heteroatoms. The largest absolute Gasteiger partial charge is 0.377 e. The second-order valence-corrected chi connectivity index (χ2v) is 3.80. The van der Waals surface area contributed by atoms with E-state index in [4.69, 9.17) is 15.0 Å². The molecule has 1 saturated heterocycles. The van der Waals surface area contributed by atoms with Crippen LogP contribution in [-0.2, 0) is 11.2 Å². The van der Waals surface area contributed by atoms with Crippen molar-refractivity contribution < 1.29 is 9.26 Å². The number of rotatable bonds is 4. The molecule has 15 heavy (non-hydrogen) atoms. The van der Waals surface area contributed by atoms with Gasteiger partial charge in [0.15, 0.2) is 5.82 Å². The van der Waals surface area contributed by atoms with Gasteiger partial charge in [-0.1, -0.05) is 12.1 Å². The second kappa shape index (κ2) is 4.72. The smallest absolute Gasteiger partial charge is 0.232 e. The van der Waals surface area contributed by atoms with Gasteiger partial charge in [-0.25, -0.2) is 0 Å². The summed E-state index contributed by atoms with van der Waals surface area (Å²) >= 11 is 0. The minimum absolute atomic E-state index is 0.233. The fourth-order valence-electron chi connectivity index (χ4n) is 1.98. The zero-order valence-corrected chi connectivity index (χ0v) is 8.98. The third kappa shape index (κ3) is 2.18. The van der Waals surface area contributed by atoms with Crippen molar-refractivity contribution in [2.75, 3.05) is 13.2 Å². The predicted octanol–water partition coefficient (Wildman–Crippen LogP) is 0.853. The van der Waals surface area contributed by atoms with Crippen LogP contribution < -0.4 is 5.73 Å². The van der Waals surface area contributed by atoms with Gasteiger partial charge in [0, 0.05) is 13.0 Å². The van der Waals surface area contributed by atoms with Crippen LogP contribution in [0.3, 0.4) is 0 Å². The molecule has 84 valence electrons. The zero-order valence-electron chi connectivity index (χ0n) is 8.98. The molecule has 1 aliphatic rings. The number of hydrogen-bond donors (Lipinski definition) is 1. The van der Waals surface area contributed by atoms with Crippen molar-refractivity contribution >= 4 is 0 Å². The first-order valence-electron chi connectivity index (χ1n) is 5.49. The maximum absolute atomic E-state index is 5.59. The molecule has 0 spiro atoms. The Labute approximate surface area is 89.0 Å². The topological polar surface area (TPSA) is 74.2 Å². The van der Waals surface area contributed by atoms with Gasteiger partial charge in [0.25, 0.3) is 0 Å². The number of nitrogens with two attached hydrogens (primary N) is 1. The van der Waals surface area contributed by atoms with Gasteiger partial charge >= 0.3 is 0 Å². The Hall–Kier alpha value is -0.940. The minimum atomic E-state index is 0.233. The lowest BCUT2D eigenvalue weighted by molar-refractivity contribution is 0.0953. The van der Waals surface area contributed by atoms with Gasteiger partial charge in [0.1, 0.15) is 0 Å². The lowest BCUT2D eigenvalue weighted by Crippen LogP contribution is -2.13. The Balaban J connectivity index is 2.07. The van der Waals surface area contributed by atoms with Crippen LogP contribution in [0.2, 0.25) is 0 Å². The Morgan fingerprint density at radius 3 is 3.13 bits per heavy atom. The van der Waals surface area contributed by atoms with Crippen molar-refractivity contribution in [3.8, 4) is 0 Å². The molecule has 0 aromatic carbocycles. The first kappa shape index (κ1) is 10.6. The highest BCUT2D eigenvalue weighted by atomic mass is 16.5. The molecule has 0 radical (unpaired) electrons. The molecule has 2 rings (SSSR count). The molecule has 0 aliphatic carbocycles. The van der Waals surface area contributed by atoms with Crippen LogP contribution in [0.1, 0.15) is 37.4 Å². The van der Waals surface area contributed by atoms with Crippen LogP contribution >= 0.6 is 0 Å². The van der Waals surface area contributed by atoms with E-state index in [1.807, 2.05) is 0 Å². The lowest BCUT2D eigenvalue weighted by Gasteiger charge is -2.11. The third-order valence-corrected chi connectivity index (χ3v) is 2.78. The molecular weight excluding hydrogens is 194 g/mol. The van der Waals surface area contributed by atoms with Gasteiger partial charge in [-0.3, -0.25) is 0 Å². The molecule has 0 saturated carbocycles. The van der Waals surface area contributed by atoms with Gasteiger partial charge in [-0.05, 0) is 19.4 Å². The van der Waals surface area contributed by atoms with E-state index in [1.165, 1.54) is 0 Å². The number of hydrogen-bond acceptors (Lipinski definition) is 5. The predicted molar refractivity (Wildman–Crippen MR) is 54.4 cm³/mol. The van der Waals surface area contributed by atoms with E-state index < -0.39 is 0 Å². The van der Waals surface area contributed by atoms with Crippen molar-refractivity contribution in [2.24, 2.45) is 5.73 Å². The van der Waals surface area contributed by atoms with Crippen LogP contribution in [-0.4, -0.2) is 29.4 Å². The summed E-state index contributed by atoms with van der Waals surface area (Å²) in [6.07, 6.45) is 2.87. The summed E-state index contributed by atoms with van der Waals surface area (Å²) in [7, 11) is 0. The van der Waals surface area contributed by atoms with Crippen LogP contribution in [0, 0.1) is 0 Å². The van der Waals surface area contributed by atoms with Gasteiger partial charge < -0.3 is 15.0 Å². The van der Waals surface area contributed by atoms with Crippen LogP contribution in [0.15, 0.2) is 4.52 Å². The highest BCUT2D eigenvalue weighted by Gasteiger charge is 2.32. The minimum Gasteiger partial charge on any atom is -0.377 e. The fraction of sp³-hybridized carbons (Fsp3) is 0.800. The van der Waals surface area contributed by atoms with Gasteiger partial charge in [-0.15, -0.1) is 0 Å². The van der Waals surface area contributed by atoms with Crippen molar-refractivity contribution in [1.82, 2.24) is 10.1 Å². The second-order valence-electron chi connectivity index (χ2n) is 3.80. The molecule has 1 aliphatic heterocycles. The van der Waals surface area contributed by atoms with E-state index >= 15 is 0 Å². The fourth-order valence-corrected chi connectivity index (χ4v) is 1.98. The number of aromatic nitrogens is 2. The van der Waals surface area contributed by atoms with Crippen LogP contribution in [0.5, 0.6) is 0 Å². The third-order valence-electron chi connectivity index (χ3n) is 2.78. The van der Waals surface area contributed by atoms with E-state index in [0.717, 1.165) is 19.4 Å². The molecule has 2 heterocycles. The summed E-state index contributed by atoms with van der Waals surface area (Å²) in [6, 6.07) is 0.